The largest absolute Gasteiger partial charge is 0.493 e. The summed E-state index contributed by atoms with van der Waals surface area (Å²) in [5.41, 5.74) is 2.55. The van der Waals surface area contributed by atoms with Crippen LogP contribution in [0.2, 0.25) is 0 Å². The van der Waals surface area contributed by atoms with Gasteiger partial charge in [0.15, 0.2) is 11.5 Å². The molecule has 2 aliphatic heterocycles. The first-order valence-electron chi connectivity index (χ1n) is 12.3. The molecule has 3 aliphatic rings. The number of aliphatic hydroxyl groups excluding tert-OH is 1. The quantitative estimate of drug-likeness (QED) is 0.595. The molecule has 4 rings (SSSR count). The molecule has 1 aromatic rings. The number of nitrogens with zero attached hydrogens (tertiary/aromatic N) is 1. The van der Waals surface area contributed by atoms with Crippen molar-refractivity contribution >= 4 is 0 Å². The van der Waals surface area contributed by atoms with E-state index in [0.29, 0.717) is 30.8 Å². The molecule has 0 unspecified atom stereocenters. The topological polar surface area (TPSA) is 41.9 Å². The van der Waals surface area contributed by atoms with Gasteiger partial charge >= 0.3 is 6.18 Å². The summed E-state index contributed by atoms with van der Waals surface area (Å²) in [4.78, 5) is 2.49. The van der Waals surface area contributed by atoms with Crippen molar-refractivity contribution < 1.29 is 27.8 Å². The number of rotatable bonds is 4. The van der Waals surface area contributed by atoms with Crippen LogP contribution >= 0.6 is 0 Å². The van der Waals surface area contributed by atoms with Gasteiger partial charge in [0.05, 0.1) is 25.2 Å². The van der Waals surface area contributed by atoms with Gasteiger partial charge in [0.1, 0.15) is 0 Å². The van der Waals surface area contributed by atoms with Crippen molar-refractivity contribution in [3.63, 3.8) is 0 Å². The standard InChI is InChI=1S/C26H38F3NO3/c1-25(2,3)14-17-15-30-10-9-16-11-24(23(32-4)12-20(16)21(30)13-22(17)31)33-19-7-5-18(6-8-19)26(27,28)29/h11-12,17-19,21-22,31H,5-10,13-15H2,1-4H3/t17-,18?,19?,21-,22-/m1/s1. The lowest BCUT2D eigenvalue weighted by molar-refractivity contribution is -0.185. The van der Waals surface area contributed by atoms with E-state index >= 15 is 0 Å². The Labute approximate surface area is 195 Å². The van der Waals surface area contributed by atoms with Crippen LogP contribution in [-0.2, 0) is 6.42 Å². The summed E-state index contributed by atoms with van der Waals surface area (Å²) >= 11 is 0. The lowest BCUT2D eigenvalue weighted by Crippen LogP contribution is -2.48. The van der Waals surface area contributed by atoms with E-state index in [2.05, 4.69) is 25.7 Å². The van der Waals surface area contributed by atoms with Gasteiger partial charge in [0.2, 0.25) is 0 Å². The molecule has 1 saturated heterocycles. The van der Waals surface area contributed by atoms with Crippen molar-refractivity contribution in [2.24, 2.45) is 17.3 Å². The molecule has 2 heterocycles. The normalized spacial score (nSPS) is 31.0. The molecule has 1 N–H and O–H groups in total. The van der Waals surface area contributed by atoms with E-state index < -0.39 is 12.1 Å². The number of methoxy groups -OCH3 is 1. The predicted octanol–water partition coefficient (Wildman–Crippen LogP) is 5.91. The molecular formula is C26H38F3NO3. The van der Waals surface area contributed by atoms with Crippen LogP contribution in [0.15, 0.2) is 12.1 Å². The molecule has 1 saturated carbocycles. The number of piperidine rings is 1. The molecule has 3 atom stereocenters. The van der Waals surface area contributed by atoms with Gasteiger partial charge in [-0.1, -0.05) is 20.8 Å². The molecule has 4 nitrogen and oxygen atoms in total. The molecule has 0 bridgehead atoms. The fourth-order valence-corrected chi connectivity index (χ4v) is 6.03. The molecule has 1 aliphatic carbocycles. The van der Waals surface area contributed by atoms with E-state index in [9.17, 15) is 18.3 Å². The molecule has 0 aromatic heterocycles. The Morgan fingerprint density at radius 1 is 1.06 bits per heavy atom. The van der Waals surface area contributed by atoms with Gasteiger partial charge in [-0.3, -0.25) is 4.90 Å². The summed E-state index contributed by atoms with van der Waals surface area (Å²) in [7, 11) is 1.60. The summed E-state index contributed by atoms with van der Waals surface area (Å²) in [5.74, 6) is 0.315. The number of hydrogen-bond acceptors (Lipinski definition) is 4. The second-order valence-electron chi connectivity index (χ2n) is 11.4. The number of halogens is 3. The van der Waals surface area contributed by atoms with Crippen LogP contribution in [-0.4, -0.2) is 48.6 Å². The minimum Gasteiger partial charge on any atom is -0.493 e. The predicted molar refractivity (Wildman–Crippen MR) is 122 cm³/mol. The van der Waals surface area contributed by atoms with E-state index in [0.717, 1.165) is 25.9 Å². The van der Waals surface area contributed by atoms with Crippen LogP contribution < -0.4 is 9.47 Å². The zero-order chi connectivity index (χ0) is 24.0. The number of fused-ring (bicyclic) bond motifs is 3. The fourth-order valence-electron chi connectivity index (χ4n) is 6.03. The average molecular weight is 470 g/mol. The lowest BCUT2D eigenvalue weighted by Gasteiger charge is -2.47. The van der Waals surface area contributed by atoms with Crippen LogP contribution in [0.25, 0.3) is 0 Å². The van der Waals surface area contributed by atoms with E-state index in [-0.39, 0.29) is 42.4 Å². The molecule has 1 aromatic carbocycles. The van der Waals surface area contributed by atoms with Gasteiger partial charge in [0, 0.05) is 19.1 Å². The molecule has 186 valence electrons. The SMILES string of the molecule is COc1cc2c(cc1OC1CCC(C(F)(F)F)CC1)CCN1C[C@@H](CC(C)(C)C)[C@H](O)C[C@H]21. The molecular weight excluding hydrogens is 431 g/mol. The van der Waals surface area contributed by atoms with Crippen molar-refractivity contribution in [1.29, 1.82) is 0 Å². The maximum atomic E-state index is 13.0. The molecule has 33 heavy (non-hydrogen) atoms. The molecule has 7 heteroatoms. The van der Waals surface area contributed by atoms with Gasteiger partial charge in [0.25, 0.3) is 0 Å². The summed E-state index contributed by atoms with van der Waals surface area (Å²) in [5, 5.41) is 10.9. The van der Waals surface area contributed by atoms with E-state index in [1.807, 2.05) is 12.1 Å². The third-order valence-corrected chi connectivity index (χ3v) is 7.68. The minimum absolute atomic E-state index is 0.117. The third-order valence-electron chi connectivity index (χ3n) is 7.68. The Balaban J connectivity index is 1.47. The van der Waals surface area contributed by atoms with Gasteiger partial charge in [-0.05, 0) is 79.5 Å². The summed E-state index contributed by atoms with van der Waals surface area (Å²) < 4.78 is 50.8. The Bertz CT molecular complexity index is 827. The van der Waals surface area contributed by atoms with E-state index in [1.165, 1.54) is 11.1 Å². The van der Waals surface area contributed by atoms with Crippen molar-refractivity contribution in [3.8, 4) is 11.5 Å². The maximum absolute atomic E-state index is 13.0. The lowest BCUT2D eigenvalue weighted by atomic mass is 9.75. The number of alkyl halides is 3. The van der Waals surface area contributed by atoms with Crippen molar-refractivity contribution in [2.45, 2.75) is 90.1 Å². The van der Waals surface area contributed by atoms with E-state index in [4.69, 9.17) is 9.47 Å². The molecule has 0 amide bonds. The van der Waals surface area contributed by atoms with Crippen molar-refractivity contribution in [3.05, 3.63) is 23.3 Å². The van der Waals surface area contributed by atoms with Crippen LogP contribution in [0, 0.1) is 17.3 Å². The molecule has 2 fully saturated rings. The zero-order valence-electron chi connectivity index (χ0n) is 20.3. The first-order valence-corrected chi connectivity index (χ1v) is 12.3. The summed E-state index contributed by atoms with van der Waals surface area (Å²) in [6.07, 6.45) is -1.02. The summed E-state index contributed by atoms with van der Waals surface area (Å²) in [6, 6.07) is 4.21. The Morgan fingerprint density at radius 3 is 2.36 bits per heavy atom. The van der Waals surface area contributed by atoms with Crippen molar-refractivity contribution in [2.75, 3.05) is 20.2 Å². The smallest absolute Gasteiger partial charge is 0.391 e. The Morgan fingerprint density at radius 2 is 1.76 bits per heavy atom. The Hall–Kier alpha value is -1.47. The van der Waals surface area contributed by atoms with Gasteiger partial charge < -0.3 is 14.6 Å². The van der Waals surface area contributed by atoms with Crippen LogP contribution in [0.4, 0.5) is 13.2 Å². The first-order chi connectivity index (χ1) is 15.4. The highest BCUT2D eigenvalue weighted by Crippen LogP contribution is 2.45. The highest BCUT2D eigenvalue weighted by atomic mass is 19.4. The van der Waals surface area contributed by atoms with Gasteiger partial charge in [-0.2, -0.15) is 13.2 Å². The highest BCUT2D eigenvalue weighted by molar-refractivity contribution is 5.50. The minimum atomic E-state index is -4.11. The van der Waals surface area contributed by atoms with Crippen LogP contribution in [0.5, 0.6) is 11.5 Å². The summed E-state index contributed by atoms with van der Waals surface area (Å²) in [6.45, 7) is 8.50. The molecule has 0 spiro atoms. The monoisotopic (exact) mass is 469 g/mol. The van der Waals surface area contributed by atoms with Gasteiger partial charge in [-0.25, -0.2) is 0 Å². The van der Waals surface area contributed by atoms with Crippen molar-refractivity contribution in [1.82, 2.24) is 4.90 Å². The van der Waals surface area contributed by atoms with Gasteiger partial charge in [-0.15, -0.1) is 0 Å². The number of hydrogen-bond donors (Lipinski definition) is 1. The average Bonchev–Trinajstić information content (AvgIpc) is 2.72. The van der Waals surface area contributed by atoms with E-state index in [1.54, 1.807) is 7.11 Å². The number of aliphatic hydroxyl groups is 1. The second-order valence-corrected chi connectivity index (χ2v) is 11.4. The van der Waals surface area contributed by atoms with Crippen LogP contribution in [0.1, 0.15) is 76.5 Å². The zero-order valence-corrected chi connectivity index (χ0v) is 20.3. The number of ether oxygens (including phenoxy) is 2. The number of benzene rings is 1. The highest BCUT2D eigenvalue weighted by Gasteiger charge is 2.42. The second kappa shape index (κ2) is 9.29. The third kappa shape index (κ3) is 5.61. The molecule has 0 radical (unpaired) electrons. The maximum Gasteiger partial charge on any atom is 0.391 e. The first kappa shape index (κ1) is 24.6. The Kier molecular flexibility index (Phi) is 6.94. The fraction of sp³-hybridized carbons (Fsp3) is 0.769. The van der Waals surface area contributed by atoms with Crippen LogP contribution in [0.3, 0.4) is 0 Å².